The van der Waals surface area contributed by atoms with Gasteiger partial charge in [-0.3, -0.25) is 23.5 Å². The number of carbonyl (C=O) groups excluding carboxylic acids is 2. The van der Waals surface area contributed by atoms with Crippen LogP contribution in [0.25, 0.3) is 11.2 Å². The number of ketones is 1. The maximum absolute atomic E-state index is 12.8. The molecule has 10 heteroatoms. The lowest BCUT2D eigenvalue weighted by Crippen LogP contribution is -2.37. The predicted molar refractivity (Wildman–Crippen MR) is 131 cm³/mol. The maximum atomic E-state index is 12.8. The Morgan fingerprint density at radius 3 is 2.60 bits per heavy atom. The average Bonchev–Trinajstić information content (AvgIpc) is 3.39. The number of rotatable bonds is 8. The lowest BCUT2D eigenvalue weighted by atomic mass is 9.97. The molecule has 4 rings (SSSR count). The number of nitrogens with zero attached hydrogens (tertiary/aromatic N) is 5. The normalized spacial score (nSPS) is 13.8. The summed E-state index contributed by atoms with van der Waals surface area (Å²) in [6.45, 7) is 4.02. The van der Waals surface area contributed by atoms with Crippen LogP contribution >= 0.6 is 0 Å². The Hall–Kier alpha value is -3.69. The molecule has 35 heavy (non-hydrogen) atoms. The fourth-order valence-electron chi connectivity index (χ4n) is 4.74. The highest BCUT2D eigenvalue weighted by molar-refractivity contribution is 5.99. The zero-order valence-electron chi connectivity index (χ0n) is 20.7. The SMILES string of the molecule is Cc1cc(C(=O)COC(=O)Cn2cnc3c2c(=O)n(C)c(=O)n3C)c(C)n1CCC1=CCCCC1. The van der Waals surface area contributed by atoms with Crippen molar-refractivity contribution in [2.45, 2.75) is 59.0 Å². The summed E-state index contributed by atoms with van der Waals surface area (Å²) in [5.41, 5.74) is 3.13. The second kappa shape index (κ2) is 9.89. The molecule has 1 aliphatic carbocycles. The largest absolute Gasteiger partial charge is 0.456 e. The number of aromatic nitrogens is 5. The molecule has 3 heterocycles. The number of imidazole rings is 1. The monoisotopic (exact) mass is 481 g/mol. The van der Waals surface area contributed by atoms with Gasteiger partial charge in [0.25, 0.3) is 5.56 Å². The molecular formula is C25H31N5O5. The van der Waals surface area contributed by atoms with E-state index < -0.39 is 23.8 Å². The van der Waals surface area contributed by atoms with E-state index in [-0.39, 0.29) is 23.5 Å². The first-order chi connectivity index (χ1) is 16.7. The molecule has 3 aromatic rings. The quantitative estimate of drug-likeness (QED) is 0.277. The number of hydrogen-bond donors (Lipinski definition) is 0. The van der Waals surface area contributed by atoms with Gasteiger partial charge in [0.15, 0.2) is 17.8 Å². The van der Waals surface area contributed by atoms with Crippen molar-refractivity contribution in [3.63, 3.8) is 0 Å². The first-order valence-corrected chi connectivity index (χ1v) is 11.8. The van der Waals surface area contributed by atoms with Gasteiger partial charge < -0.3 is 13.9 Å². The van der Waals surface area contributed by atoms with Gasteiger partial charge in [0, 0.05) is 37.6 Å². The molecule has 0 unspecified atom stereocenters. The minimum Gasteiger partial charge on any atom is -0.456 e. The lowest BCUT2D eigenvalue weighted by Gasteiger charge is -2.15. The fourth-order valence-corrected chi connectivity index (χ4v) is 4.74. The van der Waals surface area contributed by atoms with Gasteiger partial charge in [-0.25, -0.2) is 9.78 Å². The van der Waals surface area contributed by atoms with Crippen LogP contribution in [0, 0.1) is 13.8 Å². The summed E-state index contributed by atoms with van der Waals surface area (Å²) in [4.78, 5) is 54.0. The van der Waals surface area contributed by atoms with Crippen molar-refractivity contribution < 1.29 is 14.3 Å². The van der Waals surface area contributed by atoms with Gasteiger partial charge in [0.1, 0.15) is 6.54 Å². The third-order valence-electron chi connectivity index (χ3n) is 6.80. The topological polar surface area (TPSA) is 110 Å². The van der Waals surface area contributed by atoms with Gasteiger partial charge >= 0.3 is 11.7 Å². The van der Waals surface area contributed by atoms with Crippen molar-refractivity contribution in [3.8, 4) is 0 Å². The molecule has 186 valence electrons. The van der Waals surface area contributed by atoms with E-state index in [1.165, 1.54) is 48.0 Å². The molecule has 1 aliphatic rings. The summed E-state index contributed by atoms with van der Waals surface area (Å²) in [5, 5.41) is 0. The van der Waals surface area contributed by atoms with E-state index in [0.29, 0.717) is 5.56 Å². The fraction of sp³-hybridized carbons (Fsp3) is 0.480. The number of aryl methyl sites for hydroxylation is 2. The zero-order chi connectivity index (χ0) is 25.3. The number of esters is 1. The standard InChI is InChI=1S/C25H31N5O5/c1-16-12-19(17(2)30(16)11-10-18-8-6-5-7-9-18)20(31)14-35-21(32)13-29-15-26-23-22(29)24(33)28(4)25(34)27(23)3/h8,12,15H,5-7,9-11,13-14H2,1-4H3. The Balaban J connectivity index is 1.41. The Morgan fingerprint density at radius 2 is 1.89 bits per heavy atom. The lowest BCUT2D eigenvalue weighted by molar-refractivity contribution is -0.143. The van der Waals surface area contributed by atoms with Crippen molar-refractivity contribution in [1.29, 1.82) is 0 Å². The molecular weight excluding hydrogens is 450 g/mol. The minimum absolute atomic E-state index is 0.120. The van der Waals surface area contributed by atoms with Crippen LogP contribution in [0.15, 0.2) is 33.6 Å². The zero-order valence-corrected chi connectivity index (χ0v) is 20.7. The van der Waals surface area contributed by atoms with E-state index in [2.05, 4.69) is 15.6 Å². The van der Waals surface area contributed by atoms with Crippen molar-refractivity contribution in [2.75, 3.05) is 6.61 Å². The number of carbonyl (C=O) groups is 2. The molecule has 0 aliphatic heterocycles. The predicted octanol–water partition coefficient (Wildman–Crippen LogP) is 2.17. The van der Waals surface area contributed by atoms with Gasteiger partial charge in [-0.2, -0.15) is 0 Å². The Morgan fingerprint density at radius 1 is 1.11 bits per heavy atom. The molecule has 0 amide bonds. The summed E-state index contributed by atoms with van der Waals surface area (Å²) in [6, 6.07) is 1.84. The van der Waals surface area contributed by atoms with Crippen molar-refractivity contribution in [1.82, 2.24) is 23.3 Å². The van der Waals surface area contributed by atoms with Crippen LogP contribution in [0.2, 0.25) is 0 Å². The summed E-state index contributed by atoms with van der Waals surface area (Å²) in [5.74, 6) is -0.949. The molecule has 0 saturated carbocycles. The van der Waals surface area contributed by atoms with E-state index in [9.17, 15) is 19.2 Å². The van der Waals surface area contributed by atoms with Crippen molar-refractivity contribution >= 4 is 22.9 Å². The Bertz CT molecular complexity index is 1450. The van der Waals surface area contributed by atoms with Crippen molar-refractivity contribution in [2.24, 2.45) is 14.1 Å². The van der Waals surface area contributed by atoms with E-state index in [4.69, 9.17) is 4.74 Å². The molecule has 3 aromatic heterocycles. The highest BCUT2D eigenvalue weighted by atomic mass is 16.5. The van der Waals surface area contributed by atoms with Crippen LogP contribution in [0.1, 0.15) is 53.8 Å². The molecule has 0 saturated heterocycles. The van der Waals surface area contributed by atoms with Gasteiger partial charge in [-0.15, -0.1) is 0 Å². The summed E-state index contributed by atoms with van der Waals surface area (Å²) in [7, 11) is 2.86. The van der Waals surface area contributed by atoms with Gasteiger partial charge in [0.2, 0.25) is 5.78 Å². The molecule has 0 spiro atoms. The van der Waals surface area contributed by atoms with Crippen LogP contribution in [-0.4, -0.2) is 41.6 Å². The number of Topliss-reactive ketones (excluding diaryl/α,β-unsaturated/α-hetero) is 1. The molecule has 0 atom stereocenters. The Kier molecular flexibility index (Phi) is 6.90. The first kappa shape index (κ1) is 24.4. The van der Waals surface area contributed by atoms with Crippen LogP contribution in [0.5, 0.6) is 0 Å². The highest BCUT2D eigenvalue weighted by Gasteiger charge is 2.20. The third kappa shape index (κ3) is 4.78. The van der Waals surface area contributed by atoms with E-state index in [1.807, 2.05) is 19.9 Å². The number of ether oxygens (including phenoxy) is 1. The molecule has 0 fully saturated rings. The molecule has 0 bridgehead atoms. The second-order valence-electron chi connectivity index (χ2n) is 9.13. The van der Waals surface area contributed by atoms with Crippen LogP contribution in [-0.2, 0) is 36.7 Å². The number of allylic oxidation sites excluding steroid dienone is 2. The van der Waals surface area contributed by atoms with Gasteiger partial charge in [-0.05, 0) is 52.0 Å². The second-order valence-corrected chi connectivity index (χ2v) is 9.13. The van der Waals surface area contributed by atoms with E-state index in [1.54, 1.807) is 0 Å². The van der Waals surface area contributed by atoms with Gasteiger partial charge in [0.05, 0.1) is 6.33 Å². The van der Waals surface area contributed by atoms with E-state index in [0.717, 1.165) is 41.8 Å². The molecule has 0 aromatic carbocycles. The smallest absolute Gasteiger partial charge is 0.332 e. The first-order valence-electron chi connectivity index (χ1n) is 11.8. The summed E-state index contributed by atoms with van der Waals surface area (Å²) < 4.78 is 10.9. The highest BCUT2D eigenvalue weighted by Crippen LogP contribution is 2.23. The van der Waals surface area contributed by atoms with Crippen molar-refractivity contribution in [3.05, 3.63) is 61.8 Å². The average molecular weight is 482 g/mol. The number of hydrogen-bond acceptors (Lipinski definition) is 6. The number of fused-ring (bicyclic) bond motifs is 1. The third-order valence-corrected chi connectivity index (χ3v) is 6.80. The summed E-state index contributed by atoms with van der Waals surface area (Å²) >= 11 is 0. The maximum Gasteiger partial charge on any atom is 0.332 e. The molecule has 10 nitrogen and oxygen atoms in total. The molecule has 0 N–H and O–H groups in total. The molecule has 0 radical (unpaired) electrons. The van der Waals surface area contributed by atoms with Crippen LogP contribution in [0.4, 0.5) is 0 Å². The van der Waals surface area contributed by atoms with Crippen LogP contribution < -0.4 is 11.2 Å². The minimum atomic E-state index is -0.674. The van der Waals surface area contributed by atoms with E-state index >= 15 is 0 Å². The summed E-state index contributed by atoms with van der Waals surface area (Å²) in [6.07, 6.45) is 9.42. The Labute approximate surface area is 202 Å². The van der Waals surface area contributed by atoms with Crippen LogP contribution in [0.3, 0.4) is 0 Å². The van der Waals surface area contributed by atoms with Gasteiger partial charge in [-0.1, -0.05) is 11.6 Å².